The average molecular weight is 290 g/mol. The van der Waals surface area contributed by atoms with E-state index in [9.17, 15) is 9.59 Å². The van der Waals surface area contributed by atoms with E-state index in [1.165, 1.54) is 16.0 Å². The topological polar surface area (TPSA) is 60.9 Å². The molecule has 0 aromatic heterocycles. The van der Waals surface area contributed by atoms with E-state index in [0.29, 0.717) is 6.54 Å². The first-order valence-corrected chi connectivity index (χ1v) is 7.25. The van der Waals surface area contributed by atoms with Crippen molar-refractivity contribution in [3.63, 3.8) is 0 Å². The van der Waals surface area contributed by atoms with Crippen molar-refractivity contribution in [1.82, 2.24) is 4.90 Å². The van der Waals surface area contributed by atoms with Crippen molar-refractivity contribution in [3.05, 3.63) is 29.3 Å². The molecule has 0 radical (unpaired) electrons. The predicted molar refractivity (Wildman–Crippen MR) is 81.7 cm³/mol. The number of carbonyl (C=O) groups is 2. The Morgan fingerprint density at radius 3 is 2.81 bits per heavy atom. The highest BCUT2D eigenvalue weighted by atomic mass is 16.4. The highest BCUT2D eigenvalue weighted by molar-refractivity contribution is 5.93. The van der Waals surface area contributed by atoms with Crippen LogP contribution in [0.2, 0.25) is 0 Å². The molecule has 0 saturated carbocycles. The molecule has 0 bridgehead atoms. The van der Waals surface area contributed by atoms with Crippen LogP contribution < -0.4 is 4.90 Å². The Bertz CT molecular complexity index is 556. The summed E-state index contributed by atoms with van der Waals surface area (Å²) in [6.45, 7) is 4.55. The van der Waals surface area contributed by atoms with E-state index in [2.05, 4.69) is 6.07 Å². The van der Waals surface area contributed by atoms with Gasteiger partial charge in [-0.1, -0.05) is 24.6 Å². The number of nitrogens with zero attached hydrogens (tertiary/aromatic N) is 2. The summed E-state index contributed by atoms with van der Waals surface area (Å²) in [5, 5.41) is 8.96. The molecule has 1 N–H and O–H groups in total. The van der Waals surface area contributed by atoms with Gasteiger partial charge in [0.25, 0.3) is 0 Å². The monoisotopic (exact) mass is 290 g/mol. The van der Waals surface area contributed by atoms with Crippen molar-refractivity contribution in [2.75, 3.05) is 25.0 Å². The van der Waals surface area contributed by atoms with Gasteiger partial charge in [0.15, 0.2) is 0 Å². The maximum absolute atomic E-state index is 12.6. The van der Waals surface area contributed by atoms with Gasteiger partial charge in [-0.3, -0.25) is 9.69 Å². The Morgan fingerprint density at radius 1 is 1.43 bits per heavy atom. The van der Waals surface area contributed by atoms with Gasteiger partial charge in [0, 0.05) is 25.8 Å². The maximum atomic E-state index is 12.6. The molecule has 1 aliphatic rings. The smallest absolute Gasteiger partial charge is 0.324 e. The minimum atomic E-state index is -0.885. The first-order chi connectivity index (χ1) is 9.90. The number of aryl methyl sites for hydroxylation is 2. The van der Waals surface area contributed by atoms with E-state index in [1.807, 2.05) is 19.1 Å². The molecule has 0 fully saturated rings. The fraction of sp³-hybridized carbons (Fsp3) is 0.500. The van der Waals surface area contributed by atoms with Gasteiger partial charge in [-0.05, 0) is 31.4 Å². The summed E-state index contributed by atoms with van der Waals surface area (Å²) < 4.78 is 0. The minimum absolute atomic E-state index is 0.132. The largest absolute Gasteiger partial charge is 0.481 e. The molecular formula is C16H22N2O3. The van der Waals surface area contributed by atoms with E-state index >= 15 is 0 Å². The number of rotatable bonds is 3. The number of carbonyl (C=O) groups excluding carboxylic acids is 1. The number of carboxylic acids is 1. The van der Waals surface area contributed by atoms with Crippen LogP contribution in [0, 0.1) is 12.8 Å². The fourth-order valence-corrected chi connectivity index (χ4v) is 2.70. The van der Waals surface area contributed by atoms with E-state index in [0.717, 1.165) is 18.5 Å². The Morgan fingerprint density at radius 2 is 2.14 bits per heavy atom. The second-order valence-corrected chi connectivity index (χ2v) is 5.79. The number of benzene rings is 1. The molecule has 5 nitrogen and oxygen atoms in total. The van der Waals surface area contributed by atoms with Crippen LogP contribution in [-0.2, 0) is 11.2 Å². The lowest BCUT2D eigenvalue weighted by Gasteiger charge is -2.33. The maximum Gasteiger partial charge on any atom is 0.324 e. The van der Waals surface area contributed by atoms with Crippen molar-refractivity contribution in [1.29, 1.82) is 0 Å². The number of amides is 2. The van der Waals surface area contributed by atoms with Crippen molar-refractivity contribution >= 4 is 17.7 Å². The molecule has 0 aliphatic carbocycles. The number of hydrogen-bond donors (Lipinski definition) is 1. The third-order valence-corrected chi connectivity index (χ3v) is 3.88. The molecule has 2 rings (SSSR count). The lowest BCUT2D eigenvalue weighted by molar-refractivity contribution is -0.141. The van der Waals surface area contributed by atoms with Crippen molar-refractivity contribution in [2.24, 2.45) is 5.92 Å². The zero-order valence-electron chi connectivity index (χ0n) is 12.8. The number of urea groups is 1. The number of aliphatic carboxylic acids is 1. The highest BCUT2D eigenvalue weighted by Gasteiger charge is 2.26. The Labute approximate surface area is 125 Å². The normalized spacial score (nSPS) is 15.3. The van der Waals surface area contributed by atoms with Crippen LogP contribution in [0.25, 0.3) is 0 Å². The van der Waals surface area contributed by atoms with Crippen LogP contribution in [0.1, 0.15) is 24.5 Å². The summed E-state index contributed by atoms with van der Waals surface area (Å²) in [6, 6.07) is 5.97. The molecule has 0 spiro atoms. The Balaban J connectivity index is 2.16. The van der Waals surface area contributed by atoms with Crippen LogP contribution >= 0.6 is 0 Å². The predicted octanol–water partition coefficient (Wildman–Crippen LogP) is 2.52. The molecular weight excluding hydrogens is 268 g/mol. The van der Waals surface area contributed by atoms with Gasteiger partial charge in [-0.15, -0.1) is 0 Å². The number of carboxylic acid groups (broad SMARTS) is 1. The second-order valence-electron chi connectivity index (χ2n) is 5.79. The summed E-state index contributed by atoms with van der Waals surface area (Å²) in [5.74, 6) is -1.45. The van der Waals surface area contributed by atoms with Gasteiger partial charge in [-0.25, -0.2) is 4.79 Å². The molecule has 5 heteroatoms. The van der Waals surface area contributed by atoms with Gasteiger partial charge < -0.3 is 10.0 Å². The van der Waals surface area contributed by atoms with Crippen LogP contribution in [0.5, 0.6) is 0 Å². The zero-order chi connectivity index (χ0) is 15.6. The van der Waals surface area contributed by atoms with Gasteiger partial charge >= 0.3 is 12.0 Å². The molecule has 21 heavy (non-hydrogen) atoms. The lowest BCUT2D eigenvalue weighted by atomic mass is 10.00. The van der Waals surface area contributed by atoms with Gasteiger partial charge in [0.2, 0.25) is 0 Å². The molecule has 1 unspecified atom stereocenters. The molecule has 114 valence electrons. The van der Waals surface area contributed by atoms with E-state index in [1.54, 1.807) is 18.9 Å². The first kappa shape index (κ1) is 15.4. The fourth-order valence-electron chi connectivity index (χ4n) is 2.70. The summed E-state index contributed by atoms with van der Waals surface area (Å²) >= 11 is 0. The standard InChI is InChI=1S/C16H22N2O3/c1-11-6-7-14-13(9-11)5-4-8-18(14)16(21)17(3)10-12(2)15(19)20/h6-7,9,12H,4-5,8,10H2,1-3H3,(H,19,20). The summed E-state index contributed by atoms with van der Waals surface area (Å²) in [7, 11) is 1.66. The van der Waals surface area contributed by atoms with E-state index < -0.39 is 11.9 Å². The van der Waals surface area contributed by atoms with Crippen LogP contribution in [0.4, 0.5) is 10.5 Å². The molecule has 1 heterocycles. The first-order valence-electron chi connectivity index (χ1n) is 7.25. The van der Waals surface area contributed by atoms with Gasteiger partial charge in [0.1, 0.15) is 0 Å². The van der Waals surface area contributed by atoms with E-state index in [4.69, 9.17) is 5.11 Å². The molecule has 1 aromatic rings. The van der Waals surface area contributed by atoms with Crippen molar-refractivity contribution in [3.8, 4) is 0 Å². The Kier molecular flexibility index (Phi) is 4.50. The van der Waals surface area contributed by atoms with E-state index in [-0.39, 0.29) is 12.6 Å². The minimum Gasteiger partial charge on any atom is -0.481 e. The molecule has 1 atom stereocenters. The SMILES string of the molecule is Cc1ccc2c(c1)CCCN2C(=O)N(C)CC(C)C(=O)O. The highest BCUT2D eigenvalue weighted by Crippen LogP contribution is 2.28. The van der Waals surface area contributed by atoms with Gasteiger partial charge in [0.05, 0.1) is 5.92 Å². The summed E-state index contributed by atoms with van der Waals surface area (Å²) in [5.41, 5.74) is 3.33. The van der Waals surface area contributed by atoms with Crippen molar-refractivity contribution < 1.29 is 14.7 Å². The lowest BCUT2D eigenvalue weighted by Crippen LogP contribution is -2.45. The molecule has 0 saturated heterocycles. The summed E-state index contributed by atoms with van der Waals surface area (Å²) in [6.07, 6.45) is 1.92. The zero-order valence-corrected chi connectivity index (χ0v) is 12.8. The van der Waals surface area contributed by atoms with Crippen LogP contribution in [-0.4, -0.2) is 42.1 Å². The molecule has 2 amide bonds. The Hall–Kier alpha value is -2.04. The number of fused-ring (bicyclic) bond motifs is 1. The second kappa shape index (κ2) is 6.16. The number of hydrogen-bond acceptors (Lipinski definition) is 2. The third-order valence-electron chi connectivity index (χ3n) is 3.88. The third kappa shape index (κ3) is 3.35. The number of anilines is 1. The molecule has 1 aliphatic heterocycles. The van der Waals surface area contributed by atoms with Gasteiger partial charge in [-0.2, -0.15) is 0 Å². The average Bonchev–Trinajstić information content (AvgIpc) is 2.45. The quantitative estimate of drug-likeness (QED) is 0.930. The van der Waals surface area contributed by atoms with Crippen LogP contribution in [0.3, 0.4) is 0 Å². The molecule has 1 aromatic carbocycles. The van der Waals surface area contributed by atoms with Crippen LogP contribution in [0.15, 0.2) is 18.2 Å². The van der Waals surface area contributed by atoms with Crippen molar-refractivity contribution in [2.45, 2.75) is 26.7 Å². The summed E-state index contributed by atoms with van der Waals surface area (Å²) in [4.78, 5) is 26.7.